The fraction of sp³-hybridized carbons (Fsp3) is 0.250. The van der Waals surface area contributed by atoms with E-state index < -0.39 is 0 Å². The Labute approximate surface area is 99.2 Å². The van der Waals surface area contributed by atoms with Gasteiger partial charge in [-0.25, -0.2) is 4.98 Å². The van der Waals surface area contributed by atoms with Gasteiger partial charge in [-0.05, 0) is 6.07 Å². The Morgan fingerprint density at radius 3 is 2.88 bits per heavy atom. The monoisotopic (exact) mass is 233 g/mol. The number of H-pyrrole nitrogens is 1. The molecule has 0 unspecified atom stereocenters. The molecule has 1 aromatic heterocycles. The van der Waals surface area contributed by atoms with E-state index in [9.17, 15) is 5.11 Å². The van der Waals surface area contributed by atoms with Crippen LogP contribution >= 0.6 is 0 Å². The summed E-state index contributed by atoms with van der Waals surface area (Å²) in [7, 11) is 0. The summed E-state index contributed by atoms with van der Waals surface area (Å²) >= 11 is 0. The van der Waals surface area contributed by atoms with Gasteiger partial charge < -0.3 is 20.5 Å². The Kier molecular flexibility index (Phi) is 3.62. The third-order valence-corrected chi connectivity index (χ3v) is 2.51. The average molecular weight is 233 g/mol. The molecule has 0 atom stereocenters. The fourth-order valence-corrected chi connectivity index (χ4v) is 1.57. The lowest BCUT2D eigenvalue weighted by Gasteiger charge is -2.06. The van der Waals surface area contributed by atoms with Crippen LogP contribution in [0.4, 0.5) is 0 Å². The first-order valence-corrected chi connectivity index (χ1v) is 5.44. The van der Waals surface area contributed by atoms with Gasteiger partial charge in [0.1, 0.15) is 11.5 Å². The molecule has 0 fully saturated rings. The van der Waals surface area contributed by atoms with Crippen LogP contribution < -0.4 is 5.32 Å². The molecule has 90 valence electrons. The topological polar surface area (TPSA) is 81.2 Å². The summed E-state index contributed by atoms with van der Waals surface area (Å²) in [5, 5.41) is 21.9. The molecular formula is C12H15N3O2. The highest BCUT2D eigenvalue weighted by Crippen LogP contribution is 2.22. The van der Waals surface area contributed by atoms with Crippen LogP contribution in [0.3, 0.4) is 0 Å². The minimum absolute atomic E-state index is 0.0729. The number of nitrogens with one attached hydrogen (secondary N) is 2. The van der Waals surface area contributed by atoms with E-state index in [2.05, 4.69) is 15.3 Å². The zero-order valence-corrected chi connectivity index (χ0v) is 9.35. The molecule has 5 nitrogen and oxygen atoms in total. The van der Waals surface area contributed by atoms with E-state index in [0.717, 1.165) is 24.2 Å². The van der Waals surface area contributed by atoms with Gasteiger partial charge in [-0.1, -0.05) is 6.07 Å². The van der Waals surface area contributed by atoms with Gasteiger partial charge in [0.25, 0.3) is 0 Å². The van der Waals surface area contributed by atoms with Crippen molar-refractivity contribution in [2.45, 2.75) is 13.0 Å². The number of hydrogen-bond acceptors (Lipinski definition) is 4. The summed E-state index contributed by atoms with van der Waals surface area (Å²) in [5.74, 6) is 0.183. The summed E-state index contributed by atoms with van der Waals surface area (Å²) in [6.45, 7) is 1.36. The molecule has 0 saturated heterocycles. The lowest BCUT2D eigenvalue weighted by atomic mass is 10.2. The van der Waals surface area contributed by atoms with Gasteiger partial charge in [-0.3, -0.25) is 0 Å². The third-order valence-electron chi connectivity index (χ3n) is 2.51. The smallest absolute Gasteiger partial charge is 0.123 e. The van der Waals surface area contributed by atoms with Crippen LogP contribution in [0.2, 0.25) is 0 Å². The maximum atomic E-state index is 9.56. The van der Waals surface area contributed by atoms with E-state index in [-0.39, 0.29) is 11.5 Å². The first kappa shape index (κ1) is 11.5. The largest absolute Gasteiger partial charge is 0.508 e. The van der Waals surface area contributed by atoms with E-state index in [1.165, 1.54) is 6.07 Å². The van der Waals surface area contributed by atoms with Crippen LogP contribution in [0, 0.1) is 0 Å². The number of imidazole rings is 1. The van der Waals surface area contributed by atoms with E-state index in [1.807, 2.05) is 0 Å². The molecule has 0 aliphatic carbocycles. The molecule has 1 aromatic carbocycles. The van der Waals surface area contributed by atoms with E-state index in [1.54, 1.807) is 24.7 Å². The summed E-state index contributed by atoms with van der Waals surface area (Å²) in [4.78, 5) is 6.95. The van der Waals surface area contributed by atoms with Crippen molar-refractivity contribution in [3.63, 3.8) is 0 Å². The van der Waals surface area contributed by atoms with Crippen molar-refractivity contribution in [2.24, 2.45) is 0 Å². The molecule has 0 aliphatic heterocycles. The van der Waals surface area contributed by atoms with Gasteiger partial charge in [-0.15, -0.1) is 0 Å². The maximum Gasteiger partial charge on any atom is 0.123 e. The van der Waals surface area contributed by atoms with Crippen LogP contribution in [-0.2, 0) is 13.0 Å². The normalized spacial score (nSPS) is 10.6. The molecule has 2 aromatic rings. The van der Waals surface area contributed by atoms with Crippen molar-refractivity contribution in [2.75, 3.05) is 6.54 Å². The zero-order chi connectivity index (χ0) is 12.1. The highest BCUT2D eigenvalue weighted by molar-refractivity contribution is 5.38. The lowest BCUT2D eigenvalue weighted by Crippen LogP contribution is -2.16. The first-order valence-electron chi connectivity index (χ1n) is 5.44. The Hall–Kier alpha value is -2.01. The number of phenols is 2. The first-order chi connectivity index (χ1) is 8.25. The number of nitrogens with zero attached hydrogens (tertiary/aromatic N) is 1. The third kappa shape index (κ3) is 3.22. The number of aromatic hydroxyl groups is 2. The molecule has 5 heteroatoms. The van der Waals surface area contributed by atoms with Crippen LogP contribution in [0.15, 0.2) is 30.7 Å². The number of aromatic nitrogens is 2. The van der Waals surface area contributed by atoms with Gasteiger partial charge in [0.2, 0.25) is 0 Å². The number of hydrogen-bond donors (Lipinski definition) is 4. The number of rotatable bonds is 5. The Bertz CT molecular complexity index is 469. The molecule has 2 rings (SSSR count). The molecule has 0 saturated carbocycles. The molecule has 17 heavy (non-hydrogen) atoms. The molecule has 0 amide bonds. The Morgan fingerprint density at radius 1 is 1.29 bits per heavy atom. The highest BCUT2D eigenvalue weighted by Gasteiger charge is 2.01. The molecule has 0 aliphatic rings. The quantitative estimate of drug-likeness (QED) is 0.584. The van der Waals surface area contributed by atoms with Crippen LogP contribution in [0.1, 0.15) is 11.3 Å². The summed E-state index contributed by atoms with van der Waals surface area (Å²) in [6, 6.07) is 4.60. The predicted molar refractivity (Wildman–Crippen MR) is 63.8 cm³/mol. The molecule has 0 bridgehead atoms. The van der Waals surface area contributed by atoms with Gasteiger partial charge >= 0.3 is 0 Å². The summed E-state index contributed by atoms with van der Waals surface area (Å²) in [5.41, 5.74) is 1.85. The van der Waals surface area contributed by atoms with Gasteiger partial charge in [0, 0.05) is 43.0 Å². The standard InChI is InChI=1S/C12H15N3O2/c16-11-2-1-9(12(17)5-11)6-13-4-3-10-7-14-8-15-10/h1-2,5,7-8,13,16-17H,3-4,6H2,(H,14,15). The predicted octanol–water partition coefficient (Wildman–Crippen LogP) is 1.15. The minimum Gasteiger partial charge on any atom is -0.508 e. The molecule has 4 N–H and O–H groups in total. The van der Waals surface area contributed by atoms with Gasteiger partial charge in [0.15, 0.2) is 0 Å². The summed E-state index contributed by atoms with van der Waals surface area (Å²) in [6.07, 6.45) is 4.31. The number of phenolic OH excluding ortho intramolecular Hbond substituents is 2. The van der Waals surface area contributed by atoms with Gasteiger partial charge in [0.05, 0.1) is 6.33 Å². The van der Waals surface area contributed by atoms with Crippen molar-refractivity contribution >= 4 is 0 Å². The average Bonchev–Trinajstić information content (AvgIpc) is 2.79. The van der Waals surface area contributed by atoms with E-state index in [0.29, 0.717) is 6.54 Å². The SMILES string of the molecule is Oc1ccc(CNCCc2cnc[nH]2)c(O)c1. The fourth-order valence-electron chi connectivity index (χ4n) is 1.57. The van der Waals surface area contributed by atoms with E-state index in [4.69, 9.17) is 5.11 Å². The second-order valence-electron chi connectivity index (χ2n) is 3.82. The van der Waals surface area contributed by atoms with Gasteiger partial charge in [-0.2, -0.15) is 0 Å². The zero-order valence-electron chi connectivity index (χ0n) is 9.35. The number of aromatic amines is 1. The maximum absolute atomic E-state index is 9.56. The van der Waals surface area contributed by atoms with Crippen molar-refractivity contribution < 1.29 is 10.2 Å². The van der Waals surface area contributed by atoms with E-state index >= 15 is 0 Å². The van der Waals surface area contributed by atoms with Crippen molar-refractivity contribution in [1.29, 1.82) is 0 Å². The van der Waals surface area contributed by atoms with Crippen molar-refractivity contribution in [1.82, 2.24) is 15.3 Å². The lowest BCUT2D eigenvalue weighted by molar-refractivity contribution is 0.444. The second-order valence-corrected chi connectivity index (χ2v) is 3.82. The van der Waals surface area contributed by atoms with Crippen LogP contribution in [0.25, 0.3) is 0 Å². The van der Waals surface area contributed by atoms with Crippen LogP contribution in [0.5, 0.6) is 11.5 Å². The number of benzene rings is 1. The molecular weight excluding hydrogens is 218 g/mol. The Balaban J connectivity index is 1.78. The second kappa shape index (κ2) is 5.36. The van der Waals surface area contributed by atoms with Crippen molar-refractivity contribution in [3.8, 4) is 11.5 Å². The molecule has 0 radical (unpaired) electrons. The molecule has 0 spiro atoms. The Morgan fingerprint density at radius 2 is 2.18 bits per heavy atom. The minimum atomic E-state index is 0.0729. The molecule has 1 heterocycles. The van der Waals surface area contributed by atoms with Crippen molar-refractivity contribution in [3.05, 3.63) is 42.0 Å². The van der Waals surface area contributed by atoms with Crippen LogP contribution in [-0.4, -0.2) is 26.7 Å². The summed E-state index contributed by atoms with van der Waals surface area (Å²) < 4.78 is 0. The highest BCUT2D eigenvalue weighted by atomic mass is 16.3.